The molecule has 1 aliphatic carbocycles. The molecule has 0 unspecified atom stereocenters. The Balaban J connectivity index is 1.68. The first-order valence-corrected chi connectivity index (χ1v) is 13.5. The zero-order chi connectivity index (χ0) is 25.1. The Morgan fingerprint density at radius 1 is 1.21 bits per heavy atom. The van der Waals surface area contributed by atoms with Crippen LogP contribution in [-0.4, -0.2) is 45.5 Å². The van der Waals surface area contributed by atoms with Gasteiger partial charge in [0.2, 0.25) is 10.0 Å². The predicted molar refractivity (Wildman–Crippen MR) is 131 cm³/mol. The van der Waals surface area contributed by atoms with E-state index < -0.39 is 27.1 Å². The highest BCUT2D eigenvalue weighted by atomic mass is 35.5. The van der Waals surface area contributed by atoms with Gasteiger partial charge in [-0.15, -0.1) is 11.6 Å². The van der Waals surface area contributed by atoms with Crippen LogP contribution in [0.25, 0.3) is 0 Å². The average molecular weight is 529 g/mol. The van der Waals surface area contributed by atoms with Crippen LogP contribution in [0, 0.1) is 11.3 Å². The quantitative estimate of drug-likeness (QED) is 0.440. The molecule has 0 saturated heterocycles. The maximum absolute atomic E-state index is 14.7. The Hall–Kier alpha value is -2.05. The molecule has 6 nitrogen and oxygen atoms in total. The molecule has 0 amide bonds. The molecule has 0 spiro atoms. The van der Waals surface area contributed by atoms with Crippen LogP contribution in [0.15, 0.2) is 36.4 Å². The van der Waals surface area contributed by atoms with Crippen molar-refractivity contribution in [3.8, 4) is 17.6 Å². The minimum atomic E-state index is -3.35. The van der Waals surface area contributed by atoms with Crippen molar-refractivity contribution >= 4 is 33.2 Å². The molecule has 2 aromatic carbocycles. The zero-order valence-corrected chi connectivity index (χ0v) is 21.5. The van der Waals surface area contributed by atoms with Crippen LogP contribution in [0.3, 0.4) is 0 Å². The van der Waals surface area contributed by atoms with Gasteiger partial charge in [-0.25, -0.2) is 17.5 Å². The number of ether oxygens (including phenoxy) is 2. The lowest BCUT2D eigenvalue weighted by Gasteiger charge is -2.40. The largest absolute Gasteiger partial charge is 0.490 e. The van der Waals surface area contributed by atoms with E-state index in [1.165, 1.54) is 0 Å². The third-order valence-corrected chi connectivity index (χ3v) is 7.08. The summed E-state index contributed by atoms with van der Waals surface area (Å²) in [6.45, 7) is 4.11. The lowest BCUT2D eigenvalue weighted by Crippen LogP contribution is -2.55. The number of halogens is 3. The highest BCUT2D eigenvalue weighted by molar-refractivity contribution is 7.88. The van der Waals surface area contributed by atoms with Crippen molar-refractivity contribution < 1.29 is 22.3 Å². The van der Waals surface area contributed by atoms with Gasteiger partial charge in [0.25, 0.3) is 0 Å². The van der Waals surface area contributed by atoms with Crippen LogP contribution < -0.4 is 14.2 Å². The number of nitrogens with zero attached hydrogens (tertiary/aromatic N) is 1. The van der Waals surface area contributed by atoms with Crippen LogP contribution >= 0.6 is 23.2 Å². The Labute approximate surface area is 210 Å². The summed E-state index contributed by atoms with van der Waals surface area (Å²) in [5.74, 6) is 1.11. The molecule has 0 atom stereocenters. The van der Waals surface area contributed by atoms with Gasteiger partial charge in [0.05, 0.1) is 22.7 Å². The van der Waals surface area contributed by atoms with Gasteiger partial charge < -0.3 is 9.47 Å². The Morgan fingerprint density at radius 2 is 1.85 bits per heavy atom. The van der Waals surface area contributed by atoms with Crippen molar-refractivity contribution in [2.75, 3.05) is 25.3 Å². The van der Waals surface area contributed by atoms with Gasteiger partial charge in [0.1, 0.15) is 30.7 Å². The SMILES string of the molecule is CC(C)(c1ccc(OC[C@]2(F)C[C@@H](NS(C)(=O)=O)C2)cc1)c1cc(Cl)c(OCCCl)c(C#N)c1. The average Bonchev–Trinajstić information content (AvgIpc) is 2.74. The minimum absolute atomic E-state index is 0.0811. The smallest absolute Gasteiger partial charge is 0.208 e. The maximum atomic E-state index is 14.7. The molecule has 1 aliphatic rings. The highest BCUT2D eigenvalue weighted by Gasteiger charge is 2.46. The molecular weight excluding hydrogens is 502 g/mol. The standard InChI is InChI=1S/C24H27Cl2FN2O4S/c1-23(2,18-10-16(14-28)22(21(26)11-18)32-9-8-25)17-4-6-20(7-5-17)33-15-24(27)12-19(13-24)29-34(3,30)31/h4-7,10-11,19,29H,8-9,12-13,15H2,1-3H3/t19-,24+. The fraction of sp³-hybridized carbons (Fsp3) is 0.458. The topological polar surface area (TPSA) is 88.4 Å². The molecule has 0 radical (unpaired) electrons. The second kappa shape index (κ2) is 10.3. The first kappa shape index (κ1) is 26.6. The number of hydrogen-bond donors (Lipinski definition) is 1. The summed E-state index contributed by atoms with van der Waals surface area (Å²) in [7, 11) is -3.35. The molecule has 34 heavy (non-hydrogen) atoms. The third kappa shape index (κ3) is 6.33. The van der Waals surface area contributed by atoms with E-state index in [-0.39, 0.29) is 31.9 Å². The number of sulfonamides is 1. The molecular formula is C24H27Cl2FN2O4S. The molecule has 2 aromatic rings. The number of benzene rings is 2. The van der Waals surface area contributed by atoms with Gasteiger partial charge in [-0.2, -0.15) is 5.26 Å². The van der Waals surface area contributed by atoms with Gasteiger partial charge in [-0.05, 0) is 35.4 Å². The van der Waals surface area contributed by atoms with E-state index in [9.17, 15) is 18.1 Å². The number of hydrogen-bond acceptors (Lipinski definition) is 5. The maximum Gasteiger partial charge on any atom is 0.208 e. The van der Waals surface area contributed by atoms with E-state index in [0.717, 1.165) is 17.4 Å². The summed E-state index contributed by atoms with van der Waals surface area (Å²) in [4.78, 5) is 0. The Bertz CT molecular complexity index is 1170. The minimum Gasteiger partial charge on any atom is -0.490 e. The first-order valence-electron chi connectivity index (χ1n) is 10.7. The van der Waals surface area contributed by atoms with Crippen LogP contribution in [0.5, 0.6) is 11.5 Å². The number of rotatable bonds is 10. The highest BCUT2D eigenvalue weighted by Crippen LogP contribution is 2.39. The molecule has 0 aromatic heterocycles. The van der Waals surface area contributed by atoms with E-state index in [0.29, 0.717) is 22.1 Å². The molecule has 1 fully saturated rings. The first-order chi connectivity index (χ1) is 15.9. The van der Waals surface area contributed by atoms with Crippen LogP contribution in [0.1, 0.15) is 43.4 Å². The predicted octanol–water partition coefficient (Wildman–Crippen LogP) is 4.95. The fourth-order valence-corrected chi connectivity index (χ4v) is 5.12. The summed E-state index contributed by atoms with van der Waals surface area (Å²) in [6.07, 6.45) is 1.22. The van der Waals surface area contributed by atoms with Crippen molar-refractivity contribution in [3.05, 3.63) is 58.1 Å². The van der Waals surface area contributed by atoms with E-state index >= 15 is 0 Å². The summed E-state index contributed by atoms with van der Waals surface area (Å²) < 4.78 is 50.8. The Morgan fingerprint density at radius 3 is 2.41 bits per heavy atom. The second-order valence-electron chi connectivity index (χ2n) is 9.07. The van der Waals surface area contributed by atoms with Crippen molar-refractivity contribution in [1.29, 1.82) is 5.26 Å². The molecule has 1 N–H and O–H groups in total. The van der Waals surface area contributed by atoms with E-state index in [1.54, 1.807) is 24.3 Å². The van der Waals surface area contributed by atoms with Gasteiger partial charge in [0, 0.05) is 24.3 Å². The third-order valence-electron chi connectivity index (χ3n) is 5.89. The fourth-order valence-electron chi connectivity index (χ4n) is 4.00. The number of nitrogens with one attached hydrogen (secondary N) is 1. The van der Waals surface area contributed by atoms with E-state index in [4.69, 9.17) is 32.7 Å². The van der Waals surface area contributed by atoms with E-state index in [2.05, 4.69) is 10.8 Å². The molecule has 1 saturated carbocycles. The van der Waals surface area contributed by atoms with Crippen molar-refractivity contribution in [2.24, 2.45) is 0 Å². The van der Waals surface area contributed by atoms with Gasteiger partial charge >= 0.3 is 0 Å². The summed E-state index contributed by atoms with van der Waals surface area (Å²) in [6, 6.07) is 12.5. The Kier molecular flexibility index (Phi) is 8.03. The molecule has 0 bridgehead atoms. The van der Waals surface area contributed by atoms with Gasteiger partial charge in [-0.1, -0.05) is 37.6 Å². The van der Waals surface area contributed by atoms with Crippen LogP contribution in [0.4, 0.5) is 4.39 Å². The number of nitriles is 1. The summed E-state index contributed by atoms with van der Waals surface area (Å²) in [5, 5.41) is 9.90. The van der Waals surface area contributed by atoms with Crippen molar-refractivity contribution in [2.45, 2.75) is 43.8 Å². The van der Waals surface area contributed by atoms with Crippen LogP contribution in [0.2, 0.25) is 5.02 Å². The lowest BCUT2D eigenvalue weighted by molar-refractivity contribution is -0.00645. The van der Waals surface area contributed by atoms with Gasteiger partial charge in [0.15, 0.2) is 5.75 Å². The normalized spacial score (nSPS) is 20.3. The van der Waals surface area contributed by atoms with Crippen molar-refractivity contribution in [3.63, 3.8) is 0 Å². The number of alkyl halides is 2. The molecule has 184 valence electrons. The molecule has 0 heterocycles. The van der Waals surface area contributed by atoms with Crippen LogP contribution in [-0.2, 0) is 15.4 Å². The molecule has 0 aliphatic heterocycles. The molecule has 10 heteroatoms. The molecule has 3 rings (SSSR count). The van der Waals surface area contributed by atoms with Crippen molar-refractivity contribution in [1.82, 2.24) is 4.72 Å². The summed E-state index contributed by atoms with van der Waals surface area (Å²) >= 11 is 12.1. The monoisotopic (exact) mass is 528 g/mol. The zero-order valence-electron chi connectivity index (χ0n) is 19.2. The van der Waals surface area contributed by atoms with Gasteiger partial charge in [-0.3, -0.25) is 0 Å². The second-order valence-corrected chi connectivity index (χ2v) is 11.6. The summed E-state index contributed by atoms with van der Waals surface area (Å²) in [5.41, 5.74) is 0.0715. The lowest BCUT2D eigenvalue weighted by atomic mass is 9.77. The van der Waals surface area contributed by atoms with E-state index in [1.807, 2.05) is 26.0 Å².